The van der Waals surface area contributed by atoms with Crippen LogP contribution in [-0.2, 0) is 0 Å². The Morgan fingerprint density at radius 1 is 1.17 bits per heavy atom. The molecule has 3 rings (SSSR count). The molecule has 1 fully saturated rings. The van der Waals surface area contributed by atoms with Gasteiger partial charge in [-0.2, -0.15) is 0 Å². The van der Waals surface area contributed by atoms with Crippen molar-refractivity contribution in [3.8, 4) is 0 Å². The van der Waals surface area contributed by atoms with E-state index < -0.39 is 0 Å². The number of carbonyl (C=O) groups excluding carboxylic acids is 2. The molecule has 1 saturated carbocycles. The van der Waals surface area contributed by atoms with Crippen molar-refractivity contribution >= 4 is 34.3 Å². The van der Waals surface area contributed by atoms with E-state index in [0.717, 1.165) is 31.1 Å². The monoisotopic (exact) mass is 332 g/mol. The van der Waals surface area contributed by atoms with Crippen LogP contribution in [0.1, 0.15) is 60.6 Å². The van der Waals surface area contributed by atoms with E-state index >= 15 is 0 Å². The summed E-state index contributed by atoms with van der Waals surface area (Å²) in [6.45, 7) is 1.48. The largest absolute Gasteiger partial charge is 0.349 e. The minimum absolute atomic E-state index is 0.107. The van der Waals surface area contributed by atoms with Crippen molar-refractivity contribution in [3.05, 3.63) is 35.0 Å². The molecule has 1 heterocycles. The molecular formula is C18H21ClN2O2. The van der Waals surface area contributed by atoms with Crippen molar-refractivity contribution in [2.45, 2.75) is 51.5 Å². The fraction of sp³-hybridized carbons (Fsp3) is 0.444. The first-order chi connectivity index (χ1) is 11.1. The van der Waals surface area contributed by atoms with Crippen LogP contribution >= 0.6 is 11.6 Å². The third kappa shape index (κ3) is 3.42. The molecule has 122 valence electrons. The van der Waals surface area contributed by atoms with Crippen LogP contribution in [0, 0.1) is 0 Å². The van der Waals surface area contributed by atoms with Gasteiger partial charge in [-0.25, -0.2) is 0 Å². The van der Waals surface area contributed by atoms with Crippen molar-refractivity contribution in [2.75, 3.05) is 0 Å². The van der Waals surface area contributed by atoms with Gasteiger partial charge in [0.1, 0.15) is 0 Å². The van der Waals surface area contributed by atoms with Crippen LogP contribution in [0.4, 0.5) is 0 Å². The molecular weight excluding hydrogens is 312 g/mol. The van der Waals surface area contributed by atoms with Crippen molar-refractivity contribution in [3.63, 3.8) is 0 Å². The Bertz CT molecular complexity index is 743. The Morgan fingerprint density at radius 3 is 2.52 bits per heavy atom. The number of amides is 1. The Morgan fingerprint density at radius 2 is 1.87 bits per heavy atom. The van der Waals surface area contributed by atoms with Gasteiger partial charge < -0.3 is 5.32 Å². The number of nitrogens with zero attached hydrogens (tertiary/aromatic N) is 1. The molecule has 23 heavy (non-hydrogen) atoms. The molecule has 4 nitrogen and oxygen atoms in total. The number of benzene rings is 1. The second-order valence-electron chi connectivity index (χ2n) is 6.26. The van der Waals surface area contributed by atoms with Crippen molar-refractivity contribution in [1.29, 1.82) is 0 Å². The number of aromatic nitrogens is 1. The first-order valence-electron chi connectivity index (χ1n) is 8.18. The first kappa shape index (κ1) is 16.1. The molecule has 0 unspecified atom stereocenters. The van der Waals surface area contributed by atoms with E-state index in [1.54, 1.807) is 24.4 Å². The smallest absolute Gasteiger partial charge is 0.253 e. The molecule has 1 aliphatic carbocycles. The van der Waals surface area contributed by atoms with Crippen LogP contribution in [0.25, 0.3) is 10.9 Å². The maximum Gasteiger partial charge on any atom is 0.253 e. The van der Waals surface area contributed by atoms with Crippen LogP contribution in [0.15, 0.2) is 24.4 Å². The van der Waals surface area contributed by atoms with Crippen molar-refractivity contribution < 1.29 is 9.59 Å². The molecule has 0 spiro atoms. The summed E-state index contributed by atoms with van der Waals surface area (Å²) in [5, 5.41) is 4.45. The molecule has 0 bridgehead atoms. The van der Waals surface area contributed by atoms with Crippen LogP contribution in [0.3, 0.4) is 0 Å². The molecule has 5 heteroatoms. The quantitative estimate of drug-likeness (QED) is 0.828. The molecule has 2 aromatic rings. The van der Waals surface area contributed by atoms with Gasteiger partial charge in [-0.15, -0.1) is 0 Å². The first-order valence-corrected chi connectivity index (χ1v) is 8.56. The fourth-order valence-corrected chi connectivity index (χ4v) is 3.49. The molecule has 0 atom stereocenters. The Hall–Kier alpha value is -1.81. The van der Waals surface area contributed by atoms with Gasteiger partial charge in [-0.05, 0) is 25.0 Å². The van der Waals surface area contributed by atoms with E-state index in [1.807, 2.05) is 0 Å². The summed E-state index contributed by atoms with van der Waals surface area (Å²) >= 11 is 6.03. The number of carbonyl (C=O) groups is 2. The molecule has 1 aromatic carbocycles. The zero-order valence-electron chi connectivity index (χ0n) is 13.3. The lowest BCUT2D eigenvalue weighted by molar-refractivity contribution is 0.0935. The molecule has 1 amide bonds. The third-order valence-corrected chi connectivity index (χ3v) is 4.78. The lowest BCUT2D eigenvalue weighted by atomic mass is 10.1. The van der Waals surface area contributed by atoms with E-state index in [1.165, 1.54) is 24.3 Å². The van der Waals surface area contributed by atoms with Gasteiger partial charge in [0.15, 0.2) is 0 Å². The van der Waals surface area contributed by atoms with Crippen LogP contribution in [0.2, 0.25) is 5.02 Å². The van der Waals surface area contributed by atoms with Gasteiger partial charge in [0.05, 0.1) is 11.1 Å². The summed E-state index contributed by atoms with van der Waals surface area (Å²) in [5.41, 5.74) is 1.21. The van der Waals surface area contributed by atoms with Gasteiger partial charge in [-0.3, -0.25) is 14.2 Å². The average Bonchev–Trinajstić information content (AvgIpc) is 2.69. The second-order valence-corrected chi connectivity index (χ2v) is 6.69. The predicted molar refractivity (Wildman–Crippen MR) is 92.2 cm³/mol. The number of hydrogen-bond acceptors (Lipinski definition) is 2. The number of nitrogens with one attached hydrogen (secondary N) is 1. The maximum atomic E-state index is 12.7. The van der Waals surface area contributed by atoms with E-state index in [4.69, 9.17) is 11.6 Å². The molecule has 0 saturated heterocycles. The summed E-state index contributed by atoms with van der Waals surface area (Å²) in [7, 11) is 0. The summed E-state index contributed by atoms with van der Waals surface area (Å²) in [6.07, 6.45) is 8.50. The normalized spacial score (nSPS) is 16.3. The Kier molecular flexibility index (Phi) is 4.71. The molecule has 0 radical (unpaired) electrons. The van der Waals surface area contributed by atoms with Crippen LogP contribution in [0.5, 0.6) is 0 Å². The van der Waals surface area contributed by atoms with E-state index in [-0.39, 0.29) is 17.9 Å². The highest BCUT2D eigenvalue weighted by Gasteiger charge is 2.20. The third-order valence-electron chi connectivity index (χ3n) is 4.54. The SMILES string of the molecule is CC(=O)n1cc(C(=O)NC2CCCCCC2)c2ccc(Cl)cc21. The number of hydrogen-bond donors (Lipinski definition) is 1. The average molecular weight is 333 g/mol. The molecule has 0 aliphatic heterocycles. The number of halogens is 1. The predicted octanol–water partition coefficient (Wildman–Crippen LogP) is 4.41. The summed E-state index contributed by atoms with van der Waals surface area (Å²) < 4.78 is 1.49. The number of rotatable bonds is 2. The zero-order valence-corrected chi connectivity index (χ0v) is 14.0. The highest BCUT2D eigenvalue weighted by Crippen LogP contribution is 2.25. The van der Waals surface area contributed by atoms with Crippen molar-refractivity contribution in [2.24, 2.45) is 0 Å². The van der Waals surface area contributed by atoms with Gasteiger partial charge in [0.2, 0.25) is 5.91 Å². The maximum absolute atomic E-state index is 12.7. The summed E-state index contributed by atoms with van der Waals surface area (Å²) in [6, 6.07) is 5.50. The summed E-state index contributed by atoms with van der Waals surface area (Å²) in [5.74, 6) is -0.241. The molecule has 1 aliphatic rings. The Balaban J connectivity index is 1.92. The minimum Gasteiger partial charge on any atom is -0.349 e. The highest BCUT2D eigenvalue weighted by atomic mass is 35.5. The van der Waals surface area contributed by atoms with Gasteiger partial charge in [0, 0.05) is 29.6 Å². The minimum atomic E-state index is -0.134. The van der Waals surface area contributed by atoms with Gasteiger partial charge >= 0.3 is 0 Å². The summed E-state index contributed by atoms with van der Waals surface area (Å²) in [4.78, 5) is 24.5. The van der Waals surface area contributed by atoms with Crippen LogP contribution < -0.4 is 5.32 Å². The van der Waals surface area contributed by atoms with Gasteiger partial charge in [0.25, 0.3) is 5.91 Å². The molecule has 1 N–H and O–H groups in total. The topological polar surface area (TPSA) is 51.1 Å². The highest BCUT2D eigenvalue weighted by molar-refractivity contribution is 6.31. The standard InChI is InChI=1S/C18H21ClN2O2/c1-12(22)21-11-16(15-9-8-13(19)10-17(15)21)18(23)20-14-6-4-2-3-5-7-14/h8-11,14H,2-7H2,1H3,(H,20,23). The fourth-order valence-electron chi connectivity index (χ4n) is 3.33. The zero-order chi connectivity index (χ0) is 16.4. The van der Waals surface area contributed by atoms with Crippen molar-refractivity contribution in [1.82, 2.24) is 9.88 Å². The Labute approximate surface area is 140 Å². The van der Waals surface area contributed by atoms with E-state index in [2.05, 4.69) is 5.32 Å². The number of fused-ring (bicyclic) bond motifs is 1. The molecule has 1 aromatic heterocycles. The van der Waals surface area contributed by atoms with E-state index in [0.29, 0.717) is 16.1 Å². The lowest BCUT2D eigenvalue weighted by Gasteiger charge is -2.15. The van der Waals surface area contributed by atoms with E-state index in [9.17, 15) is 9.59 Å². The lowest BCUT2D eigenvalue weighted by Crippen LogP contribution is -2.34. The van der Waals surface area contributed by atoms with Crippen LogP contribution in [-0.4, -0.2) is 22.4 Å². The van der Waals surface area contributed by atoms with Gasteiger partial charge in [-0.1, -0.05) is 43.4 Å². The second kappa shape index (κ2) is 6.75.